The number of ether oxygens (including phenoxy) is 1. The molecule has 0 unspecified atom stereocenters. The molecule has 2 aromatic rings. The summed E-state index contributed by atoms with van der Waals surface area (Å²) >= 11 is 4.81. The number of nitrogens with one attached hydrogen (secondary N) is 1. The third-order valence-corrected chi connectivity index (χ3v) is 5.60. The first-order chi connectivity index (χ1) is 9.42. The van der Waals surface area contributed by atoms with Crippen molar-refractivity contribution in [3.8, 4) is 5.75 Å². The zero-order chi connectivity index (χ0) is 14.8. The van der Waals surface area contributed by atoms with Crippen molar-refractivity contribution in [2.75, 3.05) is 12.8 Å². The maximum Gasteiger partial charge on any atom is 0.241 e. The molecular formula is C12H13BrN2O3S2. The van der Waals surface area contributed by atoms with Crippen LogP contribution in [-0.4, -0.2) is 15.5 Å². The molecule has 0 saturated carbocycles. The van der Waals surface area contributed by atoms with Gasteiger partial charge in [-0.05, 0) is 40.2 Å². The maximum atomic E-state index is 12.2. The molecule has 0 radical (unpaired) electrons. The average Bonchev–Trinajstić information content (AvgIpc) is 2.83. The van der Waals surface area contributed by atoms with Gasteiger partial charge in [0.1, 0.15) is 5.75 Å². The fourth-order valence-electron chi connectivity index (χ4n) is 1.55. The Balaban J connectivity index is 2.17. The molecule has 0 aliphatic rings. The van der Waals surface area contributed by atoms with E-state index in [-0.39, 0.29) is 11.4 Å². The largest absolute Gasteiger partial charge is 0.495 e. The van der Waals surface area contributed by atoms with Crippen LogP contribution in [0, 0.1) is 0 Å². The molecular weight excluding hydrogens is 364 g/mol. The van der Waals surface area contributed by atoms with Crippen LogP contribution < -0.4 is 15.2 Å². The summed E-state index contributed by atoms with van der Waals surface area (Å²) in [5.74, 6) is 0.340. The smallest absolute Gasteiger partial charge is 0.241 e. The Bertz CT molecular complexity index is 713. The first-order valence-electron chi connectivity index (χ1n) is 5.60. The second-order valence-electron chi connectivity index (χ2n) is 3.93. The first-order valence-corrected chi connectivity index (χ1v) is 8.69. The van der Waals surface area contributed by atoms with Gasteiger partial charge in [-0.1, -0.05) is 0 Å². The number of nitrogens with two attached hydrogens (primary N) is 1. The minimum atomic E-state index is -3.59. The summed E-state index contributed by atoms with van der Waals surface area (Å²) < 4.78 is 32.9. The molecule has 0 bridgehead atoms. The minimum Gasteiger partial charge on any atom is -0.495 e. The van der Waals surface area contributed by atoms with Gasteiger partial charge in [-0.3, -0.25) is 0 Å². The van der Waals surface area contributed by atoms with Gasteiger partial charge in [-0.2, -0.15) is 0 Å². The standard InChI is InChI=1S/C12H13BrN2O3S2/c1-18-11-6-9(3-4-10(11)14)20(16,17)15-7-8-2-5-12(13)19-8/h2-6,15H,7,14H2,1H3. The second-order valence-corrected chi connectivity index (χ2v) is 8.25. The predicted octanol–water partition coefficient (Wildman–Crippen LogP) is 2.58. The van der Waals surface area contributed by atoms with Crippen LogP contribution in [0.2, 0.25) is 0 Å². The van der Waals surface area contributed by atoms with E-state index in [1.807, 2.05) is 12.1 Å². The van der Waals surface area contributed by atoms with E-state index in [0.29, 0.717) is 11.4 Å². The molecule has 0 saturated heterocycles. The van der Waals surface area contributed by atoms with Crippen LogP contribution in [0.1, 0.15) is 4.88 Å². The highest BCUT2D eigenvalue weighted by molar-refractivity contribution is 9.11. The highest BCUT2D eigenvalue weighted by atomic mass is 79.9. The predicted molar refractivity (Wildman–Crippen MR) is 83.5 cm³/mol. The van der Waals surface area contributed by atoms with Crippen molar-refractivity contribution in [3.63, 3.8) is 0 Å². The van der Waals surface area contributed by atoms with Gasteiger partial charge < -0.3 is 10.5 Å². The van der Waals surface area contributed by atoms with Crippen molar-refractivity contribution in [1.82, 2.24) is 4.72 Å². The van der Waals surface area contributed by atoms with Crippen LogP contribution in [0.15, 0.2) is 39.0 Å². The highest BCUT2D eigenvalue weighted by Crippen LogP contribution is 2.25. The average molecular weight is 377 g/mol. The molecule has 5 nitrogen and oxygen atoms in total. The molecule has 0 amide bonds. The Hall–Kier alpha value is -1.09. The van der Waals surface area contributed by atoms with Crippen molar-refractivity contribution in [2.24, 2.45) is 0 Å². The lowest BCUT2D eigenvalue weighted by molar-refractivity contribution is 0.415. The number of sulfonamides is 1. The monoisotopic (exact) mass is 376 g/mol. The molecule has 1 heterocycles. The van der Waals surface area contributed by atoms with Gasteiger partial charge in [0.15, 0.2) is 0 Å². The number of thiophene rings is 1. The number of hydrogen-bond donors (Lipinski definition) is 2. The van der Waals surface area contributed by atoms with Crippen LogP contribution in [0.4, 0.5) is 5.69 Å². The first kappa shape index (κ1) is 15.3. The third-order valence-electron chi connectivity index (χ3n) is 2.58. The zero-order valence-electron chi connectivity index (χ0n) is 10.6. The molecule has 108 valence electrons. The fraction of sp³-hybridized carbons (Fsp3) is 0.167. The van der Waals surface area contributed by atoms with Crippen LogP contribution >= 0.6 is 27.3 Å². The summed E-state index contributed by atoms with van der Waals surface area (Å²) in [6.07, 6.45) is 0. The van der Waals surface area contributed by atoms with Crippen molar-refractivity contribution < 1.29 is 13.2 Å². The van der Waals surface area contributed by atoms with Gasteiger partial charge in [0.25, 0.3) is 0 Å². The summed E-state index contributed by atoms with van der Waals surface area (Å²) in [5.41, 5.74) is 6.06. The van der Waals surface area contributed by atoms with Crippen LogP contribution in [-0.2, 0) is 16.6 Å². The quantitative estimate of drug-likeness (QED) is 0.785. The normalized spacial score (nSPS) is 11.5. The number of nitrogen functional groups attached to an aromatic ring is 1. The number of halogens is 1. The Kier molecular flexibility index (Phi) is 4.69. The molecule has 2 rings (SSSR count). The lowest BCUT2D eigenvalue weighted by atomic mass is 10.3. The van der Waals surface area contributed by atoms with Crippen LogP contribution in [0.5, 0.6) is 5.75 Å². The summed E-state index contributed by atoms with van der Waals surface area (Å²) in [4.78, 5) is 1.04. The van der Waals surface area contributed by atoms with E-state index in [1.54, 1.807) is 0 Å². The highest BCUT2D eigenvalue weighted by Gasteiger charge is 2.16. The molecule has 3 N–H and O–H groups in total. The van der Waals surface area contributed by atoms with Gasteiger partial charge >= 0.3 is 0 Å². The van der Waals surface area contributed by atoms with Crippen molar-refractivity contribution in [1.29, 1.82) is 0 Å². The van der Waals surface area contributed by atoms with Gasteiger partial charge in [0, 0.05) is 17.5 Å². The van der Waals surface area contributed by atoms with E-state index in [0.717, 1.165) is 8.66 Å². The Morgan fingerprint density at radius 2 is 2.10 bits per heavy atom. The van der Waals surface area contributed by atoms with Crippen molar-refractivity contribution in [2.45, 2.75) is 11.4 Å². The molecule has 20 heavy (non-hydrogen) atoms. The molecule has 1 aromatic heterocycles. The Morgan fingerprint density at radius 3 is 2.70 bits per heavy atom. The summed E-state index contributed by atoms with van der Waals surface area (Å²) in [5, 5.41) is 0. The number of rotatable bonds is 5. The molecule has 0 atom stereocenters. The molecule has 8 heteroatoms. The van der Waals surface area contributed by atoms with E-state index in [9.17, 15) is 8.42 Å². The number of hydrogen-bond acceptors (Lipinski definition) is 5. The number of methoxy groups -OCH3 is 1. The molecule has 0 fully saturated rings. The van der Waals surface area contributed by atoms with E-state index in [4.69, 9.17) is 10.5 Å². The van der Waals surface area contributed by atoms with Gasteiger partial charge in [0.05, 0.1) is 21.5 Å². The number of anilines is 1. The zero-order valence-corrected chi connectivity index (χ0v) is 13.8. The lowest BCUT2D eigenvalue weighted by Gasteiger charge is -2.09. The van der Waals surface area contributed by atoms with E-state index in [2.05, 4.69) is 20.7 Å². The van der Waals surface area contributed by atoms with Gasteiger partial charge in [0.2, 0.25) is 10.0 Å². The molecule has 0 aliphatic carbocycles. The molecule has 0 aliphatic heterocycles. The Labute approximate surface area is 129 Å². The van der Waals surface area contributed by atoms with E-state index < -0.39 is 10.0 Å². The SMILES string of the molecule is COc1cc(S(=O)(=O)NCc2ccc(Br)s2)ccc1N. The lowest BCUT2D eigenvalue weighted by Crippen LogP contribution is -2.22. The van der Waals surface area contributed by atoms with E-state index in [1.165, 1.54) is 36.6 Å². The Morgan fingerprint density at radius 1 is 1.35 bits per heavy atom. The third kappa shape index (κ3) is 3.51. The van der Waals surface area contributed by atoms with Crippen molar-refractivity contribution >= 4 is 43.0 Å². The second kappa shape index (κ2) is 6.13. The minimum absolute atomic E-state index is 0.124. The van der Waals surface area contributed by atoms with Crippen molar-refractivity contribution in [3.05, 3.63) is 39.0 Å². The summed E-state index contributed by atoms with van der Waals surface area (Å²) in [6, 6.07) is 8.10. The summed E-state index contributed by atoms with van der Waals surface area (Å²) in [6.45, 7) is 0.241. The van der Waals surface area contributed by atoms with Crippen LogP contribution in [0.3, 0.4) is 0 Å². The maximum absolute atomic E-state index is 12.2. The summed E-state index contributed by atoms with van der Waals surface area (Å²) in [7, 11) is -2.15. The van der Waals surface area contributed by atoms with Gasteiger partial charge in [-0.25, -0.2) is 13.1 Å². The van der Waals surface area contributed by atoms with Gasteiger partial charge in [-0.15, -0.1) is 11.3 Å². The number of benzene rings is 1. The molecule has 0 spiro atoms. The molecule has 1 aromatic carbocycles. The van der Waals surface area contributed by atoms with E-state index >= 15 is 0 Å². The van der Waals surface area contributed by atoms with Crippen LogP contribution in [0.25, 0.3) is 0 Å². The fourth-order valence-corrected chi connectivity index (χ4v) is 4.09. The topological polar surface area (TPSA) is 81.4 Å².